The summed E-state index contributed by atoms with van der Waals surface area (Å²) in [5.74, 6) is 1.38. The highest BCUT2D eigenvalue weighted by atomic mass is 16.3. The topological polar surface area (TPSA) is 32.3 Å². The van der Waals surface area contributed by atoms with Crippen LogP contribution in [0, 0.1) is 11.8 Å². The van der Waals surface area contributed by atoms with E-state index in [-0.39, 0.29) is 0 Å². The molecule has 2 heteroatoms. The van der Waals surface area contributed by atoms with Gasteiger partial charge in [-0.15, -0.1) is 0 Å². The second-order valence-corrected chi connectivity index (χ2v) is 5.35. The maximum atomic E-state index is 9.25. The molecule has 1 saturated carbocycles. The molecule has 0 radical (unpaired) electrons. The van der Waals surface area contributed by atoms with Crippen molar-refractivity contribution in [2.24, 2.45) is 11.8 Å². The molecule has 1 unspecified atom stereocenters. The van der Waals surface area contributed by atoms with Crippen molar-refractivity contribution in [3.63, 3.8) is 0 Å². The molecule has 0 bridgehead atoms. The highest BCUT2D eigenvalue weighted by Gasteiger charge is 2.13. The molecule has 1 fully saturated rings. The Labute approximate surface area is 101 Å². The Morgan fingerprint density at radius 3 is 2.62 bits per heavy atom. The lowest BCUT2D eigenvalue weighted by Gasteiger charge is -2.23. The molecule has 0 aromatic carbocycles. The van der Waals surface area contributed by atoms with Crippen LogP contribution in [0.1, 0.15) is 58.3 Å². The van der Waals surface area contributed by atoms with E-state index in [0.29, 0.717) is 12.5 Å². The molecule has 16 heavy (non-hydrogen) atoms. The Morgan fingerprint density at radius 2 is 2.00 bits per heavy atom. The van der Waals surface area contributed by atoms with Crippen LogP contribution in [0.2, 0.25) is 0 Å². The number of aliphatic hydroxyl groups is 1. The van der Waals surface area contributed by atoms with Gasteiger partial charge in [0.2, 0.25) is 0 Å². The molecule has 0 aromatic rings. The van der Waals surface area contributed by atoms with E-state index in [4.69, 9.17) is 0 Å². The smallest absolute Gasteiger partial charge is 0.0471 e. The summed E-state index contributed by atoms with van der Waals surface area (Å²) in [7, 11) is 0. The van der Waals surface area contributed by atoms with Gasteiger partial charge in [0.05, 0.1) is 0 Å². The van der Waals surface area contributed by atoms with Crippen molar-refractivity contribution >= 4 is 0 Å². The Kier molecular flexibility index (Phi) is 7.87. The van der Waals surface area contributed by atoms with Crippen molar-refractivity contribution in [1.29, 1.82) is 0 Å². The fourth-order valence-electron chi connectivity index (χ4n) is 2.63. The van der Waals surface area contributed by atoms with Crippen LogP contribution in [0.4, 0.5) is 0 Å². The van der Waals surface area contributed by atoms with E-state index >= 15 is 0 Å². The molecule has 1 rings (SSSR count). The van der Waals surface area contributed by atoms with Crippen molar-refractivity contribution in [2.45, 2.75) is 58.3 Å². The third-order valence-electron chi connectivity index (χ3n) is 3.81. The third kappa shape index (κ3) is 5.86. The molecule has 0 amide bonds. The number of hydrogen-bond acceptors (Lipinski definition) is 2. The fraction of sp³-hybridized carbons (Fsp3) is 1.00. The van der Waals surface area contributed by atoms with Gasteiger partial charge in [0.1, 0.15) is 0 Å². The lowest BCUT2D eigenvalue weighted by Crippen LogP contribution is -2.30. The Hall–Kier alpha value is -0.0800. The average molecular weight is 227 g/mol. The normalized spacial score (nSPS) is 19.9. The van der Waals surface area contributed by atoms with Gasteiger partial charge in [-0.05, 0) is 37.6 Å². The van der Waals surface area contributed by atoms with E-state index in [1.165, 1.54) is 57.9 Å². The SMILES string of the molecule is CCCCC(CO)CNCC1CCCCC1. The van der Waals surface area contributed by atoms with Crippen molar-refractivity contribution in [3.8, 4) is 0 Å². The zero-order valence-electron chi connectivity index (χ0n) is 10.9. The minimum absolute atomic E-state index is 0.345. The Bertz CT molecular complexity index is 155. The monoisotopic (exact) mass is 227 g/mol. The molecule has 0 heterocycles. The lowest BCUT2D eigenvalue weighted by atomic mass is 9.89. The van der Waals surface area contributed by atoms with E-state index in [1.807, 2.05) is 0 Å². The summed E-state index contributed by atoms with van der Waals surface area (Å²) in [5.41, 5.74) is 0. The van der Waals surface area contributed by atoms with E-state index in [1.54, 1.807) is 0 Å². The van der Waals surface area contributed by atoms with Crippen molar-refractivity contribution in [3.05, 3.63) is 0 Å². The molecule has 0 aromatic heterocycles. The molecule has 1 atom stereocenters. The van der Waals surface area contributed by atoms with Gasteiger partial charge in [-0.1, -0.05) is 39.0 Å². The predicted molar refractivity (Wildman–Crippen MR) is 69.5 cm³/mol. The standard InChI is InChI=1S/C14H29NO/c1-2-3-7-14(12-16)11-15-10-13-8-5-4-6-9-13/h13-16H,2-12H2,1H3. The van der Waals surface area contributed by atoms with Gasteiger partial charge in [-0.3, -0.25) is 0 Å². The second-order valence-electron chi connectivity index (χ2n) is 5.35. The molecule has 2 nitrogen and oxygen atoms in total. The minimum Gasteiger partial charge on any atom is -0.396 e. The zero-order chi connectivity index (χ0) is 11.6. The van der Waals surface area contributed by atoms with Gasteiger partial charge < -0.3 is 10.4 Å². The van der Waals surface area contributed by atoms with Crippen LogP contribution in [0.25, 0.3) is 0 Å². The molecular formula is C14H29NO. The summed E-state index contributed by atoms with van der Waals surface area (Å²) in [6, 6.07) is 0. The van der Waals surface area contributed by atoms with Crippen molar-refractivity contribution in [2.75, 3.05) is 19.7 Å². The fourth-order valence-corrected chi connectivity index (χ4v) is 2.63. The van der Waals surface area contributed by atoms with Crippen LogP contribution in [-0.2, 0) is 0 Å². The first-order valence-corrected chi connectivity index (χ1v) is 7.18. The van der Waals surface area contributed by atoms with Crippen LogP contribution in [0.3, 0.4) is 0 Å². The summed E-state index contributed by atoms with van der Waals surface area (Å²) in [6.45, 7) is 4.73. The van der Waals surface area contributed by atoms with Gasteiger partial charge in [0.25, 0.3) is 0 Å². The van der Waals surface area contributed by atoms with Crippen LogP contribution in [0.15, 0.2) is 0 Å². The highest BCUT2D eigenvalue weighted by molar-refractivity contribution is 4.69. The number of rotatable bonds is 8. The van der Waals surface area contributed by atoms with Crippen molar-refractivity contribution in [1.82, 2.24) is 5.32 Å². The first-order chi connectivity index (χ1) is 7.86. The number of nitrogens with one attached hydrogen (secondary N) is 1. The molecule has 0 aliphatic heterocycles. The molecule has 0 saturated heterocycles. The van der Waals surface area contributed by atoms with E-state index in [9.17, 15) is 5.11 Å². The number of hydrogen-bond donors (Lipinski definition) is 2. The largest absolute Gasteiger partial charge is 0.396 e. The first-order valence-electron chi connectivity index (χ1n) is 7.18. The Balaban J connectivity index is 2.02. The molecule has 0 spiro atoms. The van der Waals surface area contributed by atoms with Crippen LogP contribution < -0.4 is 5.32 Å². The van der Waals surface area contributed by atoms with E-state index < -0.39 is 0 Å². The second kappa shape index (κ2) is 9.00. The maximum absolute atomic E-state index is 9.25. The third-order valence-corrected chi connectivity index (χ3v) is 3.81. The van der Waals surface area contributed by atoms with Gasteiger partial charge in [-0.25, -0.2) is 0 Å². The van der Waals surface area contributed by atoms with Crippen LogP contribution in [-0.4, -0.2) is 24.8 Å². The maximum Gasteiger partial charge on any atom is 0.0471 e. The predicted octanol–water partition coefficient (Wildman–Crippen LogP) is 2.96. The van der Waals surface area contributed by atoms with Gasteiger partial charge >= 0.3 is 0 Å². The van der Waals surface area contributed by atoms with Crippen LogP contribution in [0.5, 0.6) is 0 Å². The molecular weight excluding hydrogens is 198 g/mol. The summed E-state index contributed by atoms with van der Waals surface area (Å²) >= 11 is 0. The quantitative estimate of drug-likeness (QED) is 0.668. The minimum atomic E-state index is 0.345. The summed E-state index contributed by atoms with van der Waals surface area (Å²) in [6.07, 6.45) is 10.8. The molecule has 2 N–H and O–H groups in total. The van der Waals surface area contributed by atoms with Crippen LogP contribution >= 0.6 is 0 Å². The number of unbranched alkanes of at least 4 members (excludes halogenated alkanes) is 1. The van der Waals surface area contributed by atoms with Gasteiger partial charge in [-0.2, -0.15) is 0 Å². The Morgan fingerprint density at radius 1 is 1.25 bits per heavy atom. The summed E-state index contributed by atoms with van der Waals surface area (Å²) in [5, 5.41) is 12.8. The lowest BCUT2D eigenvalue weighted by molar-refractivity contribution is 0.208. The van der Waals surface area contributed by atoms with Gasteiger partial charge in [0, 0.05) is 13.2 Å². The zero-order valence-corrected chi connectivity index (χ0v) is 10.9. The van der Waals surface area contributed by atoms with E-state index in [2.05, 4.69) is 12.2 Å². The molecule has 1 aliphatic carbocycles. The average Bonchev–Trinajstić information content (AvgIpc) is 2.35. The summed E-state index contributed by atoms with van der Waals surface area (Å²) < 4.78 is 0. The summed E-state index contributed by atoms with van der Waals surface area (Å²) in [4.78, 5) is 0. The first kappa shape index (κ1) is 14.0. The van der Waals surface area contributed by atoms with E-state index in [0.717, 1.165) is 12.5 Å². The molecule has 1 aliphatic rings. The van der Waals surface area contributed by atoms with Gasteiger partial charge in [0.15, 0.2) is 0 Å². The van der Waals surface area contributed by atoms with Crippen molar-refractivity contribution < 1.29 is 5.11 Å². The molecule has 96 valence electrons. The number of aliphatic hydroxyl groups excluding tert-OH is 1. The highest BCUT2D eigenvalue weighted by Crippen LogP contribution is 2.22.